The van der Waals surface area contributed by atoms with Gasteiger partial charge < -0.3 is 0 Å². The maximum atomic E-state index is 6.02. The van der Waals surface area contributed by atoms with Crippen LogP contribution in [0.1, 0.15) is 5.69 Å². The van der Waals surface area contributed by atoms with Crippen LogP contribution in [0.3, 0.4) is 0 Å². The largest absolute Gasteiger partial charge is 0.212 e. The molecule has 3 nitrogen and oxygen atoms in total. The first-order valence-electron chi connectivity index (χ1n) is 4.91. The van der Waals surface area contributed by atoms with Crippen LogP contribution in [0.2, 0.25) is 10.0 Å². The highest BCUT2D eigenvalue weighted by molar-refractivity contribution is 7.20. The third-order valence-corrected chi connectivity index (χ3v) is 4.47. The number of nitrogens with zero attached hydrogens (tertiary/aromatic N) is 3. The molecule has 0 amide bonds. The van der Waals surface area contributed by atoms with Crippen molar-refractivity contribution >= 4 is 39.5 Å². The monoisotopic (exact) mass is 283 g/mol. The summed E-state index contributed by atoms with van der Waals surface area (Å²) in [7, 11) is 0. The lowest BCUT2D eigenvalue weighted by Crippen LogP contribution is -1.87. The van der Waals surface area contributed by atoms with E-state index in [1.807, 2.05) is 23.6 Å². The van der Waals surface area contributed by atoms with E-state index in [0.717, 1.165) is 21.1 Å². The van der Waals surface area contributed by atoms with Crippen molar-refractivity contribution in [2.75, 3.05) is 0 Å². The number of benzene rings is 1. The quantitative estimate of drug-likeness (QED) is 0.674. The van der Waals surface area contributed by atoms with E-state index in [-0.39, 0.29) is 0 Å². The molecule has 86 valence electrons. The summed E-state index contributed by atoms with van der Waals surface area (Å²) in [5.74, 6) is 0. The van der Waals surface area contributed by atoms with Gasteiger partial charge in [-0.1, -0.05) is 40.6 Å². The highest BCUT2D eigenvalue weighted by Crippen LogP contribution is 2.34. The molecule has 0 bridgehead atoms. The zero-order valence-electron chi connectivity index (χ0n) is 8.82. The van der Waals surface area contributed by atoms with Crippen LogP contribution in [0, 0.1) is 6.92 Å². The first kappa shape index (κ1) is 11.0. The van der Waals surface area contributed by atoms with Crippen LogP contribution in [0.15, 0.2) is 24.5 Å². The van der Waals surface area contributed by atoms with E-state index in [0.29, 0.717) is 10.0 Å². The number of halogens is 2. The van der Waals surface area contributed by atoms with E-state index in [9.17, 15) is 0 Å². The average Bonchev–Trinajstić information content (AvgIpc) is 2.86. The Bertz CT molecular complexity index is 702. The van der Waals surface area contributed by atoms with Crippen molar-refractivity contribution in [2.45, 2.75) is 6.92 Å². The Labute approximate surface area is 112 Å². The van der Waals surface area contributed by atoms with E-state index >= 15 is 0 Å². The van der Waals surface area contributed by atoms with Crippen molar-refractivity contribution in [1.29, 1.82) is 0 Å². The summed E-state index contributed by atoms with van der Waals surface area (Å²) < 4.78 is 1.82. The minimum Gasteiger partial charge on any atom is -0.208 e. The second kappa shape index (κ2) is 3.98. The van der Waals surface area contributed by atoms with Crippen molar-refractivity contribution < 1.29 is 0 Å². The zero-order valence-corrected chi connectivity index (χ0v) is 11.1. The van der Waals surface area contributed by atoms with Crippen molar-refractivity contribution in [3.05, 3.63) is 40.3 Å². The Balaban J connectivity index is 2.22. The van der Waals surface area contributed by atoms with E-state index in [1.165, 1.54) is 0 Å². The van der Waals surface area contributed by atoms with Crippen LogP contribution in [-0.4, -0.2) is 14.6 Å². The minimum atomic E-state index is 0.558. The molecule has 2 heterocycles. The van der Waals surface area contributed by atoms with Gasteiger partial charge in [0.25, 0.3) is 0 Å². The number of hydrogen-bond acceptors (Lipinski definition) is 3. The van der Waals surface area contributed by atoms with E-state index in [4.69, 9.17) is 23.2 Å². The molecule has 3 rings (SSSR count). The van der Waals surface area contributed by atoms with Gasteiger partial charge in [0, 0.05) is 0 Å². The summed E-state index contributed by atoms with van der Waals surface area (Å²) in [5.41, 5.74) is 2.09. The van der Waals surface area contributed by atoms with Crippen LogP contribution in [0.25, 0.3) is 15.4 Å². The fourth-order valence-electron chi connectivity index (χ4n) is 1.70. The van der Waals surface area contributed by atoms with E-state index in [1.54, 1.807) is 23.7 Å². The Hall–Kier alpha value is -1.10. The number of thiazole rings is 1. The molecule has 0 aliphatic rings. The Morgan fingerprint density at radius 1 is 1.24 bits per heavy atom. The number of rotatable bonds is 1. The molecule has 0 aliphatic carbocycles. The van der Waals surface area contributed by atoms with Crippen molar-refractivity contribution in [3.8, 4) is 10.4 Å². The standard InChI is InChI=1S/C11H7Cl2N3S/c1-6-10(17-11-14-5-15-16(6)11)7-2-3-8(12)9(13)4-7/h2-5H,1H3. The Kier molecular flexibility index (Phi) is 2.58. The normalized spacial score (nSPS) is 11.2. The molecule has 0 spiro atoms. The van der Waals surface area contributed by atoms with Gasteiger partial charge in [0.05, 0.1) is 20.6 Å². The molecular weight excluding hydrogens is 277 g/mol. The third kappa shape index (κ3) is 1.73. The highest BCUT2D eigenvalue weighted by atomic mass is 35.5. The van der Waals surface area contributed by atoms with Crippen LogP contribution in [0.4, 0.5) is 0 Å². The molecule has 0 saturated heterocycles. The van der Waals surface area contributed by atoms with Gasteiger partial charge in [-0.05, 0) is 24.6 Å². The molecule has 0 fully saturated rings. The second-order valence-electron chi connectivity index (χ2n) is 3.60. The van der Waals surface area contributed by atoms with Gasteiger partial charge in [0.15, 0.2) is 0 Å². The van der Waals surface area contributed by atoms with Gasteiger partial charge >= 0.3 is 0 Å². The molecule has 0 saturated carbocycles. The SMILES string of the molecule is Cc1c(-c2ccc(Cl)c(Cl)c2)sc2ncnn12. The molecule has 0 aliphatic heterocycles. The molecule has 0 N–H and O–H groups in total. The van der Waals surface area contributed by atoms with Crippen molar-refractivity contribution in [1.82, 2.24) is 14.6 Å². The zero-order chi connectivity index (χ0) is 12.0. The molecule has 0 radical (unpaired) electrons. The number of fused-ring (bicyclic) bond motifs is 1. The van der Waals surface area contributed by atoms with Gasteiger partial charge in [-0.3, -0.25) is 0 Å². The predicted molar refractivity (Wildman–Crippen MR) is 71.1 cm³/mol. The van der Waals surface area contributed by atoms with Gasteiger partial charge in [-0.25, -0.2) is 9.50 Å². The summed E-state index contributed by atoms with van der Waals surface area (Å²) in [5, 5.41) is 5.28. The smallest absolute Gasteiger partial charge is 0.208 e. The molecular formula is C11H7Cl2N3S. The van der Waals surface area contributed by atoms with Crippen LogP contribution < -0.4 is 0 Å². The fraction of sp³-hybridized carbons (Fsp3) is 0.0909. The summed E-state index contributed by atoms with van der Waals surface area (Å²) in [4.78, 5) is 6.17. The number of aromatic nitrogens is 3. The summed E-state index contributed by atoms with van der Waals surface area (Å²) in [6, 6.07) is 5.61. The first-order valence-corrected chi connectivity index (χ1v) is 6.48. The van der Waals surface area contributed by atoms with Crippen molar-refractivity contribution in [3.63, 3.8) is 0 Å². The van der Waals surface area contributed by atoms with Gasteiger partial charge in [0.2, 0.25) is 4.96 Å². The molecule has 0 atom stereocenters. The van der Waals surface area contributed by atoms with Crippen LogP contribution in [-0.2, 0) is 0 Å². The first-order chi connectivity index (χ1) is 8.16. The van der Waals surface area contributed by atoms with Gasteiger partial charge in [0.1, 0.15) is 6.33 Å². The average molecular weight is 284 g/mol. The lowest BCUT2D eigenvalue weighted by atomic mass is 10.2. The fourth-order valence-corrected chi connectivity index (χ4v) is 3.03. The number of hydrogen-bond donors (Lipinski definition) is 0. The number of aryl methyl sites for hydroxylation is 1. The van der Waals surface area contributed by atoms with E-state index in [2.05, 4.69) is 10.1 Å². The molecule has 0 unspecified atom stereocenters. The summed E-state index contributed by atoms with van der Waals surface area (Å²) in [6.45, 7) is 2.01. The molecule has 3 aromatic rings. The minimum absolute atomic E-state index is 0.558. The van der Waals surface area contributed by atoms with Gasteiger partial charge in [-0.15, -0.1) is 0 Å². The summed E-state index contributed by atoms with van der Waals surface area (Å²) in [6.07, 6.45) is 1.55. The van der Waals surface area contributed by atoms with Crippen LogP contribution in [0.5, 0.6) is 0 Å². The third-order valence-electron chi connectivity index (χ3n) is 2.54. The Morgan fingerprint density at radius 3 is 2.76 bits per heavy atom. The highest BCUT2D eigenvalue weighted by Gasteiger charge is 2.12. The maximum absolute atomic E-state index is 6.02. The van der Waals surface area contributed by atoms with Crippen LogP contribution >= 0.6 is 34.5 Å². The molecule has 2 aromatic heterocycles. The lowest BCUT2D eigenvalue weighted by Gasteiger charge is -2.01. The van der Waals surface area contributed by atoms with Gasteiger partial charge in [-0.2, -0.15) is 5.10 Å². The maximum Gasteiger partial charge on any atom is 0.212 e. The lowest BCUT2D eigenvalue weighted by molar-refractivity contribution is 0.933. The topological polar surface area (TPSA) is 30.2 Å². The molecule has 1 aromatic carbocycles. The Morgan fingerprint density at radius 2 is 2.06 bits per heavy atom. The summed E-state index contributed by atoms with van der Waals surface area (Å²) >= 11 is 13.5. The van der Waals surface area contributed by atoms with Crippen molar-refractivity contribution in [2.24, 2.45) is 0 Å². The predicted octanol–water partition coefficient (Wildman–Crippen LogP) is 4.07. The molecule has 6 heteroatoms. The second-order valence-corrected chi connectivity index (χ2v) is 5.39. The van der Waals surface area contributed by atoms with E-state index < -0.39 is 0 Å². The molecule has 17 heavy (non-hydrogen) atoms.